The minimum Gasteiger partial charge on any atom is -0.495 e. The van der Waals surface area contributed by atoms with E-state index in [0.29, 0.717) is 24.7 Å². The van der Waals surface area contributed by atoms with Gasteiger partial charge in [0.25, 0.3) is 0 Å². The number of fused-ring (bicyclic) bond motifs is 1. The van der Waals surface area contributed by atoms with E-state index in [1.54, 1.807) is 18.1 Å². The molecule has 2 amide bonds. The van der Waals surface area contributed by atoms with Gasteiger partial charge < -0.3 is 24.8 Å². The Morgan fingerprint density at radius 2 is 1.94 bits per heavy atom. The van der Waals surface area contributed by atoms with E-state index in [9.17, 15) is 9.59 Å². The van der Waals surface area contributed by atoms with Gasteiger partial charge in [0.2, 0.25) is 11.8 Å². The van der Waals surface area contributed by atoms with E-state index in [0.717, 1.165) is 36.4 Å². The molecule has 1 fully saturated rings. The fourth-order valence-electron chi connectivity index (χ4n) is 4.37. The van der Waals surface area contributed by atoms with Crippen LogP contribution in [0.5, 0.6) is 17.2 Å². The lowest BCUT2D eigenvalue weighted by atomic mass is 10.0. The standard InChI is InChI=1S/C24H29N3O5/c1-30-20-7-3-2-5-19(20)27(12-10-23(25)28)24(29)16-26-11-4-6-18(26)17-8-9-21-22(15-17)32-14-13-31-21/h2-3,5,7-9,15,18H,4,6,10-14,16H2,1H3,(H2,25,28)/t18-/m1/s1. The molecule has 2 aromatic carbocycles. The Labute approximate surface area is 187 Å². The fourth-order valence-corrected chi connectivity index (χ4v) is 4.37. The van der Waals surface area contributed by atoms with Gasteiger partial charge in [0.15, 0.2) is 11.5 Å². The molecule has 0 saturated carbocycles. The van der Waals surface area contributed by atoms with E-state index >= 15 is 0 Å². The van der Waals surface area contributed by atoms with Crippen molar-refractivity contribution < 1.29 is 23.8 Å². The lowest BCUT2D eigenvalue weighted by Gasteiger charge is -2.30. The molecule has 2 aromatic rings. The highest BCUT2D eigenvalue weighted by Crippen LogP contribution is 2.38. The topological polar surface area (TPSA) is 94.3 Å². The van der Waals surface area contributed by atoms with Crippen LogP contribution in [0.4, 0.5) is 5.69 Å². The van der Waals surface area contributed by atoms with Crippen molar-refractivity contribution in [1.29, 1.82) is 0 Å². The summed E-state index contributed by atoms with van der Waals surface area (Å²) in [6.45, 7) is 2.35. The molecule has 0 bridgehead atoms. The highest BCUT2D eigenvalue weighted by Gasteiger charge is 2.31. The van der Waals surface area contributed by atoms with Gasteiger partial charge in [0, 0.05) is 19.0 Å². The normalized spacial score (nSPS) is 17.7. The fraction of sp³-hybridized carbons (Fsp3) is 0.417. The zero-order valence-corrected chi connectivity index (χ0v) is 18.3. The summed E-state index contributed by atoms with van der Waals surface area (Å²) in [5, 5.41) is 0. The Balaban J connectivity index is 1.53. The summed E-state index contributed by atoms with van der Waals surface area (Å²) in [5.74, 6) is 1.54. The van der Waals surface area contributed by atoms with Crippen LogP contribution in [0.2, 0.25) is 0 Å². The van der Waals surface area contributed by atoms with Crippen LogP contribution in [0.1, 0.15) is 30.9 Å². The molecule has 8 nitrogen and oxygen atoms in total. The lowest BCUT2D eigenvalue weighted by Crippen LogP contribution is -2.41. The smallest absolute Gasteiger partial charge is 0.241 e. The molecule has 2 heterocycles. The summed E-state index contributed by atoms with van der Waals surface area (Å²) in [6, 6.07) is 13.4. The second kappa shape index (κ2) is 9.91. The summed E-state index contributed by atoms with van der Waals surface area (Å²) >= 11 is 0. The monoisotopic (exact) mass is 439 g/mol. The third kappa shape index (κ3) is 4.80. The summed E-state index contributed by atoms with van der Waals surface area (Å²) in [6.07, 6.45) is 2.04. The third-order valence-electron chi connectivity index (χ3n) is 5.91. The first-order valence-corrected chi connectivity index (χ1v) is 10.9. The number of anilines is 1. The van der Waals surface area contributed by atoms with Gasteiger partial charge in [-0.25, -0.2) is 0 Å². The molecule has 0 radical (unpaired) electrons. The number of hydrogen-bond acceptors (Lipinski definition) is 6. The Hall–Kier alpha value is -3.26. The largest absolute Gasteiger partial charge is 0.495 e. The molecule has 8 heteroatoms. The number of nitrogens with two attached hydrogens (primary N) is 1. The van der Waals surface area contributed by atoms with Crippen LogP contribution in [-0.4, -0.2) is 56.7 Å². The number of ether oxygens (including phenoxy) is 3. The molecule has 0 unspecified atom stereocenters. The number of amides is 2. The van der Waals surface area contributed by atoms with Crippen molar-refractivity contribution >= 4 is 17.5 Å². The first-order valence-electron chi connectivity index (χ1n) is 10.9. The van der Waals surface area contributed by atoms with Gasteiger partial charge in [-0.1, -0.05) is 18.2 Å². The van der Waals surface area contributed by atoms with E-state index in [1.165, 1.54) is 0 Å². The summed E-state index contributed by atoms with van der Waals surface area (Å²) in [4.78, 5) is 28.6. The van der Waals surface area contributed by atoms with Crippen LogP contribution in [0.15, 0.2) is 42.5 Å². The second-order valence-electron chi connectivity index (χ2n) is 7.97. The Morgan fingerprint density at radius 3 is 2.72 bits per heavy atom. The van der Waals surface area contributed by atoms with Gasteiger partial charge in [-0.05, 0) is 49.2 Å². The molecule has 0 aliphatic carbocycles. The number of benzene rings is 2. The third-order valence-corrected chi connectivity index (χ3v) is 5.91. The number of likely N-dealkylation sites (tertiary alicyclic amines) is 1. The Morgan fingerprint density at radius 1 is 1.16 bits per heavy atom. The van der Waals surface area contributed by atoms with Crippen LogP contribution in [-0.2, 0) is 9.59 Å². The average Bonchev–Trinajstić information content (AvgIpc) is 3.27. The van der Waals surface area contributed by atoms with Gasteiger partial charge in [-0.15, -0.1) is 0 Å². The van der Waals surface area contributed by atoms with Crippen molar-refractivity contribution in [2.45, 2.75) is 25.3 Å². The Kier molecular flexibility index (Phi) is 6.80. The highest BCUT2D eigenvalue weighted by atomic mass is 16.6. The van der Waals surface area contributed by atoms with Gasteiger partial charge in [0.1, 0.15) is 19.0 Å². The molecule has 0 spiro atoms. The maximum Gasteiger partial charge on any atom is 0.241 e. The van der Waals surface area contributed by atoms with E-state index in [-0.39, 0.29) is 31.5 Å². The first kappa shape index (κ1) is 22.0. The van der Waals surface area contributed by atoms with Crippen LogP contribution < -0.4 is 24.8 Å². The zero-order valence-electron chi connectivity index (χ0n) is 18.3. The summed E-state index contributed by atoms with van der Waals surface area (Å²) in [7, 11) is 1.56. The molecule has 1 saturated heterocycles. The molecule has 170 valence electrons. The van der Waals surface area contributed by atoms with Crippen molar-refractivity contribution in [3.05, 3.63) is 48.0 Å². The molecular weight excluding hydrogens is 410 g/mol. The molecule has 2 aliphatic rings. The quantitative estimate of drug-likeness (QED) is 0.679. The molecule has 2 N–H and O–H groups in total. The molecule has 2 aliphatic heterocycles. The maximum absolute atomic E-state index is 13.4. The molecular formula is C24H29N3O5. The van der Waals surface area contributed by atoms with Gasteiger partial charge in [-0.3, -0.25) is 14.5 Å². The van der Waals surface area contributed by atoms with Crippen molar-refractivity contribution in [1.82, 2.24) is 4.90 Å². The summed E-state index contributed by atoms with van der Waals surface area (Å²) in [5.41, 5.74) is 7.11. The molecule has 0 aromatic heterocycles. The zero-order chi connectivity index (χ0) is 22.5. The van der Waals surface area contributed by atoms with E-state index in [4.69, 9.17) is 19.9 Å². The van der Waals surface area contributed by atoms with Crippen molar-refractivity contribution in [2.24, 2.45) is 5.73 Å². The number of primary amides is 1. The summed E-state index contributed by atoms with van der Waals surface area (Å²) < 4.78 is 16.8. The van der Waals surface area contributed by atoms with Crippen LogP contribution in [0.25, 0.3) is 0 Å². The number of hydrogen-bond donors (Lipinski definition) is 1. The van der Waals surface area contributed by atoms with Gasteiger partial charge in [-0.2, -0.15) is 0 Å². The first-order chi connectivity index (χ1) is 15.6. The Bertz CT molecular complexity index is 980. The number of para-hydroxylation sites is 2. The van der Waals surface area contributed by atoms with E-state index in [2.05, 4.69) is 4.90 Å². The predicted molar refractivity (Wildman–Crippen MR) is 120 cm³/mol. The molecule has 4 rings (SSSR count). The van der Waals surface area contributed by atoms with Crippen LogP contribution in [0, 0.1) is 0 Å². The second-order valence-corrected chi connectivity index (χ2v) is 7.97. The van der Waals surface area contributed by atoms with Gasteiger partial charge in [0.05, 0.1) is 19.3 Å². The number of rotatable bonds is 8. The van der Waals surface area contributed by atoms with Gasteiger partial charge >= 0.3 is 0 Å². The minimum absolute atomic E-state index is 0.0787. The van der Waals surface area contributed by atoms with Crippen molar-refractivity contribution in [3.63, 3.8) is 0 Å². The van der Waals surface area contributed by atoms with Crippen LogP contribution in [0.3, 0.4) is 0 Å². The average molecular weight is 440 g/mol. The lowest BCUT2D eigenvalue weighted by molar-refractivity contribution is -0.120. The van der Waals surface area contributed by atoms with E-state index < -0.39 is 5.91 Å². The van der Waals surface area contributed by atoms with E-state index in [1.807, 2.05) is 36.4 Å². The number of nitrogens with zero attached hydrogens (tertiary/aromatic N) is 2. The number of carbonyl (C=O) groups is 2. The van der Waals surface area contributed by atoms with Crippen LogP contribution >= 0.6 is 0 Å². The number of methoxy groups -OCH3 is 1. The minimum atomic E-state index is -0.451. The number of carbonyl (C=O) groups excluding carboxylic acids is 2. The van der Waals surface area contributed by atoms with Crippen molar-refractivity contribution in [3.8, 4) is 17.2 Å². The van der Waals surface area contributed by atoms with Crippen molar-refractivity contribution in [2.75, 3.05) is 44.9 Å². The predicted octanol–water partition coefficient (Wildman–Crippen LogP) is 2.51. The SMILES string of the molecule is COc1ccccc1N(CCC(N)=O)C(=O)CN1CCC[C@@H]1c1ccc2c(c1)OCCO2. The molecule has 32 heavy (non-hydrogen) atoms. The molecule has 1 atom stereocenters. The maximum atomic E-state index is 13.4. The highest BCUT2D eigenvalue weighted by molar-refractivity contribution is 5.96.